The highest BCUT2D eigenvalue weighted by Crippen LogP contribution is 2.42. The summed E-state index contributed by atoms with van der Waals surface area (Å²) >= 11 is 0. The monoisotopic (exact) mass is 637 g/mol. The van der Waals surface area contributed by atoms with Crippen LogP contribution in [0.5, 0.6) is 0 Å². The van der Waals surface area contributed by atoms with Crippen LogP contribution in [0.15, 0.2) is 97.2 Å². The Morgan fingerprint density at radius 3 is 2.34 bits per heavy atom. The number of pyridine rings is 1. The number of carboxylic acids is 1. The third-order valence-electron chi connectivity index (χ3n) is 8.59. The summed E-state index contributed by atoms with van der Waals surface area (Å²) in [6.07, 6.45) is 1.59. The summed E-state index contributed by atoms with van der Waals surface area (Å²) in [4.78, 5) is 29.5. The van der Waals surface area contributed by atoms with Crippen molar-refractivity contribution in [3.63, 3.8) is 0 Å². The third kappa shape index (κ3) is 9.56. The molecular weight excluding hydrogens is 594 g/mol. The van der Waals surface area contributed by atoms with Crippen LogP contribution in [0.25, 0.3) is 11.1 Å². The van der Waals surface area contributed by atoms with Crippen LogP contribution < -0.4 is 5.32 Å². The Hall–Kier alpha value is -4.41. The number of benzene rings is 3. The lowest BCUT2D eigenvalue weighted by atomic mass is 9.90. The Morgan fingerprint density at radius 2 is 1.64 bits per heavy atom. The van der Waals surface area contributed by atoms with Crippen LogP contribution in [-0.2, 0) is 38.6 Å². The molecule has 0 spiro atoms. The van der Waals surface area contributed by atoms with Gasteiger partial charge in [-0.1, -0.05) is 79.7 Å². The minimum absolute atomic E-state index is 0.00648. The average molecular weight is 638 g/mol. The van der Waals surface area contributed by atoms with Gasteiger partial charge in [0.15, 0.2) is 6.29 Å². The molecule has 0 unspecified atom stereocenters. The lowest BCUT2D eigenvalue weighted by molar-refractivity contribution is -0.275. The summed E-state index contributed by atoms with van der Waals surface area (Å²) in [6.45, 7) is 4.07. The van der Waals surface area contributed by atoms with Gasteiger partial charge in [0.2, 0.25) is 5.91 Å². The van der Waals surface area contributed by atoms with Crippen molar-refractivity contribution in [3.05, 3.63) is 125 Å². The lowest BCUT2D eigenvalue weighted by Gasteiger charge is -2.42. The predicted octanol–water partition coefficient (Wildman–Crippen LogP) is 5.69. The molecule has 1 aromatic heterocycles. The Morgan fingerprint density at radius 1 is 0.872 bits per heavy atom. The van der Waals surface area contributed by atoms with Gasteiger partial charge in [-0.25, -0.2) is 0 Å². The zero-order valence-electron chi connectivity index (χ0n) is 26.9. The number of aliphatic hydroxyl groups is 1. The molecule has 0 saturated carbocycles. The number of likely N-dealkylation sites (N-methyl/N-ethyl adjacent to an activating group) is 1. The maximum absolute atomic E-state index is 12.0. The fourth-order valence-electron chi connectivity index (χ4n) is 5.78. The molecule has 5 rings (SSSR count). The number of nitrogens with one attached hydrogen (secondary N) is 1. The minimum atomic E-state index is -0.990. The lowest BCUT2D eigenvalue weighted by Crippen LogP contribution is -2.43. The summed E-state index contributed by atoms with van der Waals surface area (Å²) < 4.78 is 13.3. The largest absolute Gasteiger partial charge is 0.481 e. The van der Waals surface area contributed by atoms with Crippen molar-refractivity contribution < 1.29 is 29.3 Å². The van der Waals surface area contributed by atoms with Gasteiger partial charge < -0.3 is 29.9 Å². The predicted molar refractivity (Wildman–Crippen MR) is 179 cm³/mol. The van der Waals surface area contributed by atoms with E-state index in [0.717, 1.165) is 58.6 Å². The first-order valence-corrected chi connectivity index (χ1v) is 16.1. The number of nitrogens with zero attached hydrogens (tertiary/aromatic N) is 2. The maximum Gasteiger partial charge on any atom is 0.303 e. The molecule has 246 valence electrons. The van der Waals surface area contributed by atoms with E-state index in [1.807, 2.05) is 97.2 Å². The molecule has 1 saturated heterocycles. The zero-order valence-corrected chi connectivity index (χ0v) is 26.9. The second-order valence-corrected chi connectivity index (χ2v) is 12.1. The molecule has 4 aromatic rings. The number of aliphatic carboxylic acids is 1. The molecule has 1 aliphatic rings. The molecule has 1 aliphatic heterocycles. The van der Waals surface area contributed by atoms with Gasteiger partial charge in [0.05, 0.1) is 25.2 Å². The Kier molecular flexibility index (Phi) is 11.9. The first-order chi connectivity index (χ1) is 22.8. The quantitative estimate of drug-likeness (QED) is 0.161. The third-order valence-corrected chi connectivity index (χ3v) is 8.59. The Labute approximate surface area is 276 Å². The van der Waals surface area contributed by atoms with Crippen molar-refractivity contribution >= 4 is 11.9 Å². The first-order valence-electron chi connectivity index (χ1n) is 16.1. The van der Waals surface area contributed by atoms with Gasteiger partial charge in [0, 0.05) is 55.8 Å². The average Bonchev–Trinajstić information content (AvgIpc) is 3.10. The van der Waals surface area contributed by atoms with E-state index in [1.54, 1.807) is 0 Å². The summed E-state index contributed by atoms with van der Waals surface area (Å²) in [5.74, 6) is -1.20. The summed E-state index contributed by atoms with van der Waals surface area (Å²) in [5.41, 5.74) is 6.82. The van der Waals surface area contributed by atoms with Crippen LogP contribution in [0.2, 0.25) is 0 Å². The molecule has 2 heterocycles. The molecule has 1 amide bonds. The Balaban J connectivity index is 1.29. The minimum Gasteiger partial charge on any atom is -0.481 e. The number of hydrogen-bond donors (Lipinski definition) is 3. The molecule has 0 bridgehead atoms. The second-order valence-electron chi connectivity index (χ2n) is 12.1. The van der Waals surface area contributed by atoms with Crippen molar-refractivity contribution in [2.45, 2.75) is 57.8 Å². The van der Waals surface area contributed by atoms with Gasteiger partial charge in [0.25, 0.3) is 0 Å². The van der Waals surface area contributed by atoms with Crippen LogP contribution in [-0.4, -0.2) is 58.2 Å². The molecule has 3 N–H and O–H groups in total. The topological polar surface area (TPSA) is 121 Å². The molecule has 0 radical (unpaired) electrons. The van der Waals surface area contributed by atoms with Gasteiger partial charge in [-0.15, -0.1) is 0 Å². The zero-order chi connectivity index (χ0) is 33.2. The van der Waals surface area contributed by atoms with Crippen molar-refractivity contribution in [1.82, 2.24) is 15.2 Å². The number of amides is 1. The smallest absolute Gasteiger partial charge is 0.303 e. The highest BCUT2D eigenvalue weighted by molar-refractivity contribution is 5.80. The SMILES string of the molecule is C[C@@H]1[C@H](CN(C)CCc2ccccn2)O[C@H](c2ccc(-c3cccc(CNC(=O)CCC(=O)O)c3)cc2)O[C@@H]1c1ccc(CO)cc1. The van der Waals surface area contributed by atoms with E-state index in [0.29, 0.717) is 6.54 Å². The van der Waals surface area contributed by atoms with Crippen LogP contribution in [0.4, 0.5) is 0 Å². The molecule has 1 fully saturated rings. The number of ether oxygens (including phenoxy) is 2. The summed E-state index contributed by atoms with van der Waals surface area (Å²) in [6, 6.07) is 30.0. The van der Waals surface area contributed by atoms with Gasteiger partial charge in [-0.05, 0) is 53.1 Å². The first kappa shape index (κ1) is 33.9. The van der Waals surface area contributed by atoms with Crippen LogP contribution in [0.3, 0.4) is 0 Å². The Bertz CT molecular complexity index is 1600. The molecule has 47 heavy (non-hydrogen) atoms. The summed E-state index contributed by atoms with van der Waals surface area (Å²) in [7, 11) is 2.11. The fourth-order valence-corrected chi connectivity index (χ4v) is 5.78. The molecule has 0 aliphatic carbocycles. The van der Waals surface area contributed by atoms with Gasteiger partial charge in [-0.2, -0.15) is 0 Å². The number of hydrogen-bond acceptors (Lipinski definition) is 7. The number of carbonyl (C=O) groups excluding carboxylic acids is 1. The maximum atomic E-state index is 12.0. The van der Waals surface area contributed by atoms with Gasteiger partial charge in [0.1, 0.15) is 0 Å². The highest BCUT2D eigenvalue weighted by Gasteiger charge is 2.38. The van der Waals surface area contributed by atoms with Crippen LogP contribution >= 0.6 is 0 Å². The van der Waals surface area contributed by atoms with E-state index in [1.165, 1.54) is 0 Å². The van der Waals surface area contributed by atoms with Crippen LogP contribution in [0.1, 0.15) is 60.1 Å². The van der Waals surface area contributed by atoms with Gasteiger partial charge in [-0.3, -0.25) is 14.6 Å². The molecule has 4 atom stereocenters. The standard InChI is InChI=1S/C38H43N3O6/c1-26-34(24-41(2)21-19-33-8-3-4-20-39-33)46-38(47-37(26)30-11-9-27(25-42)10-12-30)31-15-13-29(14-16-31)32-7-5-6-28(22-32)23-40-35(43)17-18-36(44)45/h3-16,20,22,26,34,37-38,42H,17-19,21,23-25H2,1-2H3,(H,40,43)(H,44,45)/t26-,34+,37+,38+/m1/s1. The van der Waals surface area contributed by atoms with E-state index in [-0.39, 0.29) is 43.5 Å². The highest BCUT2D eigenvalue weighted by atomic mass is 16.7. The molecule has 9 nitrogen and oxygen atoms in total. The molecule has 3 aromatic carbocycles. The normalized spacial score (nSPS) is 19.4. The molecular formula is C38H43N3O6. The van der Waals surface area contributed by atoms with Crippen molar-refractivity contribution in [2.75, 3.05) is 20.1 Å². The summed E-state index contributed by atoms with van der Waals surface area (Å²) in [5, 5.41) is 21.2. The van der Waals surface area contributed by atoms with Crippen molar-refractivity contribution in [3.8, 4) is 11.1 Å². The number of aromatic nitrogens is 1. The number of carboxylic acid groups (broad SMARTS) is 1. The fraction of sp³-hybridized carbons (Fsp3) is 0.342. The van der Waals surface area contributed by atoms with E-state index in [4.69, 9.17) is 14.6 Å². The molecule has 9 heteroatoms. The second kappa shape index (κ2) is 16.4. The number of aliphatic hydroxyl groups excluding tert-OH is 1. The van der Waals surface area contributed by atoms with Crippen LogP contribution in [0, 0.1) is 5.92 Å². The van der Waals surface area contributed by atoms with Crippen molar-refractivity contribution in [2.24, 2.45) is 5.92 Å². The van der Waals surface area contributed by atoms with E-state index >= 15 is 0 Å². The van der Waals surface area contributed by atoms with Crippen molar-refractivity contribution in [1.29, 1.82) is 0 Å². The number of rotatable bonds is 14. The number of carbonyl (C=O) groups is 2. The van der Waals surface area contributed by atoms with E-state index in [2.05, 4.69) is 29.2 Å². The van der Waals surface area contributed by atoms with E-state index < -0.39 is 12.3 Å². The van der Waals surface area contributed by atoms with Gasteiger partial charge >= 0.3 is 5.97 Å². The van der Waals surface area contributed by atoms with E-state index in [9.17, 15) is 14.7 Å².